The normalized spacial score (nSPS) is 9.50. The Bertz CT molecular complexity index is 31.8. The van der Waals surface area contributed by atoms with E-state index in [1.807, 2.05) is 0 Å². The lowest BCUT2D eigenvalue weighted by Gasteiger charge is -1.98. The average Bonchev–Trinajstić information content (AvgIpc) is 1.36. The van der Waals surface area contributed by atoms with Crippen LogP contribution in [-0.2, 0) is 0 Å². The highest BCUT2D eigenvalue weighted by Gasteiger charge is 2.04. The van der Waals surface area contributed by atoms with E-state index < -0.39 is 0 Å². The van der Waals surface area contributed by atoms with Crippen molar-refractivity contribution in [3.63, 3.8) is 0 Å². The molecule has 0 aromatic rings. The van der Waals surface area contributed by atoms with Crippen LogP contribution in [0, 0.1) is 0 Å². The molecule has 1 unspecified atom stereocenters. The molecule has 0 nitrogen and oxygen atoms in total. The van der Waals surface area contributed by atoms with Crippen LogP contribution in [0.4, 0.5) is 0 Å². The van der Waals surface area contributed by atoms with Crippen molar-refractivity contribution in [2.75, 3.05) is 0 Å². The third-order valence-electron chi connectivity index (χ3n) is 0.637. The van der Waals surface area contributed by atoms with Crippen LogP contribution in [-0.4, -0.2) is 4.29 Å². The van der Waals surface area contributed by atoms with Crippen LogP contribution < -0.4 is 0 Å². The molecule has 0 aliphatic carbocycles. The molecule has 0 aromatic carbocycles. The molecular weight excluding hydrogens is 205 g/mol. The minimum Gasteiger partial charge on any atom is -0.159 e. The third-order valence-corrected chi connectivity index (χ3v) is 2.85. The van der Waals surface area contributed by atoms with E-state index in [9.17, 15) is 0 Å². The molecule has 0 aliphatic heterocycles. The largest absolute Gasteiger partial charge is 0.242 e. The summed E-state index contributed by atoms with van der Waals surface area (Å²) in [5, 5.41) is 0. The van der Waals surface area contributed by atoms with E-state index in [0.29, 0.717) is 0 Å². The van der Waals surface area contributed by atoms with Gasteiger partial charge in [0.15, 0.2) is 0 Å². The van der Waals surface area contributed by atoms with Crippen molar-refractivity contribution in [1.29, 1.82) is 0 Å². The maximum Gasteiger partial charge on any atom is 0.242 e. The zero-order valence-electron chi connectivity index (χ0n) is 4.11. The molecule has 6 heavy (non-hydrogen) atoms. The molecule has 0 aliphatic rings. The molecule has 0 fully saturated rings. The molecule has 0 rings (SSSR count). The van der Waals surface area contributed by atoms with E-state index in [1.54, 1.807) is 0 Å². The van der Waals surface area contributed by atoms with Crippen LogP contribution in [0.25, 0.3) is 0 Å². The molecule has 0 amide bonds. The summed E-state index contributed by atoms with van der Waals surface area (Å²) >= 11 is 2.40. The second-order valence-electron chi connectivity index (χ2n) is 1.69. The van der Waals surface area contributed by atoms with Gasteiger partial charge in [-0.1, -0.05) is 19.7 Å². The Morgan fingerprint density at radius 3 is 1.83 bits per heavy atom. The number of hydrogen-bond donors (Lipinski definition) is 0. The van der Waals surface area contributed by atoms with Crippen molar-refractivity contribution < 1.29 is 0 Å². The zero-order chi connectivity index (χ0) is 5.15. The summed E-state index contributed by atoms with van der Waals surface area (Å²) in [6.07, 6.45) is 0. The van der Waals surface area contributed by atoms with Gasteiger partial charge < -0.3 is 0 Å². The molecule has 1 atom stereocenters. The molecule has 3 heteroatoms. The lowest BCUT2D eigenvalue weighted by Crippen LogP contribution is -1.93. The highest BCUT2D eigenvalue weighted by atomic mass is 127. The van der Waals surface area contributed by atoms with Crippen LogP contribution in [0.2, 0.25) is 5.82 Å². The lowest BCUT2D eigenvalue weighted by atomic mass is 9.90. The minimum absolute atomic E-state index is 0.739. The van der Waals surface area contributed by atoms with Gasteiger partial charge in [0.2, 0.25) is 4.29 Å². The predicted octanol–water partition coefficient (Wildman–Crippen LogP) is 2.19. The lowest BCUT2D eigenvalue weighted by molar-refractivity contribution is 1.07. The van der Waals surface area contributed by atoms with E-state index in [2.05, 4.69) is 45.3 Å². The monoisotopic (exact) mass is 214 g/mol. The van der Waals surface area contributed by atoms with Crippen LogP contribution in [0.3, 0.4) is 0 Å². The number of halogens is 1. The van der Waals surface area contributed by atoms with Crippen molar-refractivity contribution in [3.05, 3.63) is 0 Å². The summed E-state index contributed by atoms with van der Waals surface area (Å²) in [5.74, 6) is 0.801. The van der Waals surface area contributed by atoms with Crippen molar-refractivity contribution in [2.24, 2.45) is 0 Å². The van der Waals surface area contributed by atoms with E-state index in [-0.39, 0.29) is 0 Å². The van der Waals surface area contributed by atoms with Gasteiger partial charge >= 0.3 is 0 Å². The van der Waals surface area contributed by atoms with Crippen molar-refractivity contribution >= 4 is 35.8 Å². The minimum atomic E-state index is 0.739. The summed E-state index contributed by atoms with van der Waals surface area (Å²) in [7, 11) is 2.76. The van der Waals surface area contributed by atoms with E-state index >= 15 is 0 Å². The van der Waals surface area contributed by atoms with Gasteiger partial charge in [-0.05, 0) is 0 Å². The van der Waals surface area contributed by atoms with Gasteiger partial charge in [-0.25, -0.2) is 0 Å². The zero-order valence-corrected chi connectivity index (χ0v) is 7.42. The Morgan fingerprint density at radius 2 is 1.83 bits per heavy atom. The Labute approximate surface area is 55.6 Å². The fourth-order valence-electron chi connectivity index (χ4n) is 0. The summed E-state index contributed by atoms with van der Waals surface area (Å²) in [4.78, 5) is 0. The molecule has 0 aromatic heterocycles. The summed E-state index contributed by atoms with van der Waals surface area (Å²) in [5.41, 5.74) is 0. The third kappa shape index (κ3) is 3.42. The van der Waals surface area contributed by atoms with Gasteiger partial charge in [0.05, 0.1) is 0 Å². The highest BCUT2D eigenvalue weighted by Crippen LogP contribution is 2.18. The molecule has 0 heterocycles. The smallest absolute Gasteiger partial charge is 0.159 e. The second kappa shape index (κ2) is 3.26. The first-order chi connectivity index (χ1) is 2.64. The molecule has 0 spiro atoms. The van der Waals surface area contributed by atoms with Crippen LogP contribution in [0.15, 0.2) is 0 Å². The van der Waals surface area contributed by atoms with Gasteiger partial charge in [0.1, 0.15) is 0 Å². The summed E-state index contributed by atoms with van der Waals surface area (Å²) < 4.78 is 0.739. The number of rotatable bonds is 1. The maximum atomic E-state index is 2.76. The van der Waals surface area contributed by atoms with E-state index in [0.717, 1.165) is 10.1 Å². The molecule has 36 valence electrons. The Hall–Kier alpha value is 1.22. The molecule has 0 radical (unpaired) electrons. The second-order valence-corrected chi connectivity index (χ2v) is 5.20. The van der Waals surface area contributed by atoms with Gasteiger partial charge in [0.25, 0.3) is 0 Å². The van der Waals surface area contributed by atoms with Gasteiger partial charge in [-0.2, -0.15) is 9.12 Å². The average molecular weight is 214 g/mol. The van der Waals surface area contributed by atoms with E-state index in [4.69, 9.17) is 0 Å². The Balaban J connectivity index is 2.99. The maximum absolute atomic E-state index is 2.76. The highest BCUT2D eigenvalue weighted by molar-refractivity contribution is 14.1. The molecule has 0 saturated carbocycles. The van der Waals surface area contributed by atoms with Crippen LogP contribution >= 0.6 is 31.5 Å². The van der Waals surface area contributed by atoms with Crippen molar-refractivity contribution in [1.82, 2.24) is 0 Å². The first-order valence-corrected chi connectivity index (χ1v) is 3.95. The first-order valence-electron chi connectivity index (χ1n) is 2.04. The standard InChI is InChI=1S/C3H9BIP/c1-3(2)4(5)6/h3H,6H2,1-2H3. The van der Waals surface area contributed by atoms with Gasteiger partial charge in [-0.15, -0.1) is 22.4 Å². The van der Waals surface area contributed by atoms with Crippen molar-refractivity contribution in [2.45, 2.75) is 19.7 Å². The van der Waals surface area contributed by atoms with Crippen LogP contribution in [0.1, 0.15) is 13.8 Å². The SMILES string of the molecule is CC(C)B(P)I. The van der Waals surface area contributed by atoms with Crippen LogP contribution in [0.5, 0.6) is 0 Å². The molecule has 0 N–H and O–H groups in total. The van der Waals surface area contributed by atoms with Gasteiger partial charge in [-0.3, -0.25) is 0 Å². The predicted molar refractivity (Wildman–Crippen MR) is 44.6 cm³/mol. The topological polar surface area (TPSA) is 0 Å². The quantitative estimate of drug-likeness (QED) is 0.356. The summed E-state index contributed by atoms with van der Waals surface area (Å²) in [6.45, 7) is 4.42. The van der Waals surface area contributed by atoms with Gasteiger partial charge in [0, 0.05) is 0 Å². The Kier molecular flexibility index (Phi) is 3.92. The fraction of sp³-hybridized carbons (Fsp3) is 1.00. The fourth-order valence-corrected chi connectivity index (χ4v) is 0. The molecular formula is C3H9BIP. The first kappa shape index (κ1) is 7.22. The summed E-state index contributed by atoms with van der Waals surface area (Å²) in [6, 6.07) is 0. The van der Waals surface area contributed by atoms with Crippen molar-refractivity contribution in [3.8, 4) is 0 Å². The molecule has 0 bridgehead atoms. The Morgan fingerprint density at radius 1 is 1.67 bits per heavy atom. The van der Waals surface area contributed by atoms with E-state index in [1.165, 1.54) is 0 Å². The number of hydrogen-bond acceptors (Lipinski definition) is 0. The molecule has 0 saturated heterocycles.